The summed E-state index contributed by atoms with van der Waals surface area (Å²) in [6, 6.07) is 6.52. The predicted molar refractivity (Wildman–Crippen MR) is 67.6 cm³/mol. The van der Waals surface area contributed by atoms with Gasteiger partial charge in [0, 0.05) is 12.6 Å². The number of methoxy groups -OCH3 is 2. The molecule has 0 fully saturated rings. The summed E-state index contributed by atoms with van der Waals surface area (Å²) in [6.07, 6.45) is 4.65. The Kier molecular flexibility index (Phi) is 2.51. The molecule has 0 N–H and O–H groups in total. The molecule has 0 radical (unpaired) electrons. The first kappa shape index (κ1) is 10.8. The summed E-state index contributed by atoms with van der Waals surface area (Å²) in [7, 11) is 3.26. The average molecular weight is 243 g/mol. The zero-order chi connectivity index (χ0) is 12.5. The molecule has 1 aromatic heterocycles. The second-order valence-electron chi connectivity index (χ2n) is 4.03. The van der Waals surface area contributed by atoms with E-state index in [-0.39, 0.29) is 0 Å². The summed E-state index contributed by atoms with van der Waals surface area (Å²) in [4.78, 5) is 0. The number of hydrogen-bond donors (Lipinski definition) is 0. The molecule has 1 aliphatic heterocycles. The maximum Gasteiger partial charge on any atom is 0.320 e. The third-order valence-electron chi connectivity index (χ3n) is 3.02. The van der Waals surface area contributed by atoms with Gasteiger partial charge in [-0.1, -0.05) is 11.2 Å². The maximum absolute atomic E-state index is 5.24. The van der Waals surface area contributed by atoms with Gasteiger partial charge in [0.15, 0.2) is 0 Å². The number of benzene rings is 1. The van der Waals surface area contributed by atoms with Crippen molar-refractivity contribution >= 4 is 12.3 Å². The van der Waals surface area contributed by atoms with Crippen LogP contribution in [0.2, 0.25) is 0 Å². The number of ether oxygens (including phenoxy) is 2. The van der Waals surface area contributed by atoms with E-state index >= 15 is 0 Å². The summed E-state index contributed by atoms with van der Waals surface area (Å²) in [5, 5.41) is 8.12. The van der Waals surface area contributed by atoms with Crippen LogP contribution in [0.4, 0.5) is 0 Å². The van der Waals surface area contributed by atoms with Crippen LogP contribution in [-0.4, -0.2) is 29.0 Å². The van der Waals surface area contributed by atoms with E-state index in [4.69, 9.17) is 9.47 Å². The van der Waals surface area contributed by atoms with Gasteiger partial charge in [-0.25, -0.2) is 0 Å². The van der Waals surface area contributed by atoms with Crippen LogP contribution in [0.25, 0.3) is 12.3 Å². The molecule has 1 aromatic carbocycles. The van der Waals surface area contributed by atoms with Crippen LogP contribution in [0.3, 0.4) is 0 Å². The lowest BCUT2D eigenvalue weighted by Gasteiger charge is -2.05. The summed E-state index contributed by atoms with van der Waals surface area (Å²) < 4.78 is 12.3. The molecule has 1 aliphatic rings. The van der Waals surface area contributed by atoms with Crippen LogP contribution in [0.1, 0.15) is 17.0 Å². The number of hydrogen-bond acceptors (Lipinski definition) is 4. The highest BCUT2D eigenvalue weighted by molar-refractivity contribution is 5.67. The second kappa shape index (κ2) is 4.18. The van der Waals surface area contributed by atoms with Gasteiger partial charge in [0.2, 0.25) is 0 Å². The number of nitrogens with zero attached hydrogens (tertiary/aromatic N) is 3. The Bertz CT molecular complexity index is 617. The number of aromatic nitrogens is 3. The molecule has 0 unspecified atom stereocenters. The van der Waals surface area contributed by atoms with Gasteiger partial charge < -0.3 is 9.47 Å². The Morgan fingerprint density at radius 2 is 2.06 bits per heavy atom. The number of rotatable bonds is 2. The van der Waals surface area contributed by atoms with Gasteiger partial charge in [-0.05, 0) is 29.3 Å². The standard InChI is InChI=1S/C13H13N3O2/c1-17-11-4-3-9-5-6-16-12(8-10(9)7-11)14-15-13(16)18-2/h3-7H,8H2,1-2H3. The lowest BCUT2D eigenvalue weighted by atomic mass is 10.0. The van der Waals surface area contributed by atoms with Gasteiger partial charge in [0.25, 0.3) is 0 Å². The summed E-state index contributed by atoms with van der Waals surface area (Å²) in [5.74, 6) is 1.71. The Morgan fingerprint density at radius 3 is 2.83 bits per heavy atom. The van der Waals surface area contributed by atoms with Gasteiger partial charge in [-0.15, -0.1) is 5.10 Å². The van der Waals surface area contributed by atoms with E-state index in [1.807, 2.05) is 35.0 Å². The Labute approximate surface area is 105 Å². The van der Waals surface area contributed by atoms with E-state index in [1.165, 1.54) is 5.56 Å². The Morgan fingerprint density at radius 1 is 1.17 bits per heavy atom. The van der Waals surface area contributed by atoms with Crippen LogP contribution >= 0.6 is 0 Å². The van der Waals surface area contributed by atoms with Crippen molar-refractivity contribution in [3.8, 4) is 11.8 Å². The lowest BCUT2D eigenvalue weighted by Crippen LogP contribution is -1.99. The fourth-order valence-corrected chi connectivity index (χ4v) is 2.07. The zero-order valence-electron chi connectivity index (χ0n) is 10.3. The summed E-state index contributed by atoms with van der Waals surface area (Å²) >= 11 is 0. The minimum absolute atomic E-state index is 0.501. The predicted octanol–water partition coefficient (Wildman–Crippen LogP) is 1.83. The van der Waals surface area contributed by atoms with Crippen molar-refractivity contribution in [2.45, 2.75) is 6.42 Å². The van der Waals surface area contributed by atoms with Crippen LogP contribution in [0, 0.1) is 0 Å². The topological polar surface area (TPSA) is 49.2 Å². The monoisotopic (exact) mass is 243 g/mol. The van der Waals surface area contributed by atoms with Crippen LogP contribution in [0.5, 0.6) is 11.8 Å². The van der Waals surface area contributed by atoms with Crippen molar-refractivity contribution in [1.29, 1.82) is 0 Å². The molecule has 5 heteroatoms. The molecular formula is C13H13N3O2. The van der Waals surface area contributed by atoms with Crippen LogP contribution in [-0.2, 0) is 6.42 Å². The van der Waals surface area contributed by atoms with Crippen molar-refractivity contribution in [3.05, 3.63) is 35.2 Å². The molecular weight excluding hydrogens is 230 g/mol. The number of fused-ring (bicyclic) bond motifs is 2. The fourth-order valence-electron chi connectivity index (χ4n) is 2.07. The van der Waals surface area contributed by atoms with Gasteiger partial charge in [0.05, 0.1) is 14.2 Å². The van der Waals surface area contributed by atoms with Gasteiger partial charge in [-0.3, -0.25) is 4.57 Å². The molecule has 0 aliphatic carbocycles. The molecule has 2 heterocycles. The van der Waals surface area contributed by atoms with Crippen molar-refractivity contribution in [3.63, 3.8) is 0 Å². The molecule has 0 spiro atoms. The van der Waals surface area contributed by atoms with Crippen molar-refractivity contribution in [2.24, 2.45) is 0 Å². The first-order valence-electron chi connectivity index (χ1n) is 5.64. The van der Waals surface area contributed by atoms with E-state index in [0.29, 0.717) is 12.4 Å². The first-order chi connectivity index (χ1) is 8.81. The molecule has 92 valence electrons. The molecule has 5 nitrogen and oxygen atoms in total. The highest BCUT2D eigenvalue weighted by atomic mass is 16.5. The molecule has 0 saturated carbocycles. The smallest absolute Gasteiger partial charge is 0.320 e. The Balaban J connectivity index is 2.09. The summed E-state index contributed by atoms with van der Waals surface area (Å²) in [6.45, 7) is 0. The quantitative estimate of drug-likeness (QED) is 0.689. The minimum Gasteiger partial charge on any atom is -0.497 e. The van der Waals surface area contributed by atoms with E-state index in [9.17, 15) is 0 Å². The van der Waals surface area contributed by atoms with Crippen LogP contribution < -0.4 is 9.47 Å². The van der Waals surface area contributed by atoms with E-state index in [0.717, 1.165) is 17.1 Å². The first-order valence-corrected chi connectivity index (χ1v) is 5.64. The van der Waals surface area contributed by atoms with Crippen molar-refractivity contribution < 1.29 is 9.47 Å². The molecule has 0 atom stereocenters. The molecule has 18 heavy (non-hydrogen) atoms. The van der Waals surface area contributed by atoms with Crippen molar-refractivity contribution in [2.75, 3.05) is 14.2 Å². The summed E-state index contributed by atoms with van der Waals surface area (Å²) in [5.41, 5.74) is 2.32. The third-order valence-corrected chi connectivity index (χ3v) is 3.02. The van der Waals surface area contributed by atoms with E-state index in [1.54, 1.807) is 14.2 Å². The van der Waals surface area contributed by atoms with Gasteiger partial charge in [-0.2, -0.15) is 0 Å². The maximum atomic E-state index is 5.24. The highest BCUT2D eigenvalue weighted by Gasteiger charge is 2.15. The molecule has 0 saturated heterocycles. The molecule has 3 rings (SSSR count). The second-order valence-corrected chi connectivity index (χ2v) is 4.03. The fraction of sp³-hybridized carbons (Fsp3) is 0.231. The average Bonchev–Trinajstić information content (AvgIpc) is 2.70. The third kappa shape index (κ3) is 1.64. The van der Waals surface area contributed by atoms with E-state index in [2.05, 4.69) is 10.2 Å². The highest BCUT2D eigenvalue weighted by Crippen LogP contribution is 2.26. The largest absolute Gasteiger partial charge is 0.497 e. The Hall–Kier alpha value is -2.30. The lowest BCUT2D eigenvalue weighted by molar-refractivity contribution is 0.373. The van der Waals surface area contributed by atoms with Crippen LogP contribution in [0.15, 0.2) is 18.2 Å². The zero-order valence-corrected chi connectivity index (χ0v) is 10.3. The van der Waals surface area contributed by atoms with E-state index < -0.39 is 0 Å². The molecule has 0 amide bonds. The van der Waals surface area contributed by atoms with Gasteiger partial charge >= 0.3 is 6.01 Å². The normalized spacial score (nSPS) is 12.6. The molecule has 2 aromatic rings. The van der Waals surface area contributed by atoms with Crippen molar-refractivity contribution in [1.82, 2.24) is 14.8 Å². The minimum atomic E-state index is 0.501. The van der Waals surface area contributed by atoms with Gasteiger partial charge in [0.1, 0.15) is 11.6 Å². The SMILES string of the molecule is COc1ccc2c(c1)Cc1nnc(OC)n1C=C2. The molecule has 0 bridgehead atoms.